The molecule has 0 bridgehead atoms. The molecule has 0 heterocycles. The molecule has 0 spiro atoms. The van der Waals surface area contributed by atoms with E-state index in [0.29, 0.717) is 12.0 Å². The van der Waals surface area contributed by atoms with Crippen LogP contribution in [0.25, 0.3) is 6.08 Å². The first-order valence-electron chi connectivity index (χ1n) is 4.69. The number of aliphatic hydroxyl groups is 1. The van der Waals surface area contributed by atoms with Gasteiger partial charge in [-0.3, -0.25) is 10.1 Å². The molecule has 1 rings (SSSR count). The van der Waals surface area contributed by atoms with E-state index in [-0.39, 0.29) is 11.4 Å². The van der Waals surface area contributed by atoms with Crippen LogP contribution in [0.4, 0.5) is 5.69 Å². The zero-order valence-corrected chi connectivity index (χ0v) is 8.73. The first-order valence-corrected chi connectivity index (χ1v) is 4.69. The van der Waals surface area contributed by atoms with E-state index in [1.54, 1.807) is 26.0 Å². The molecule has 15 heavy (non-hydrogen) atoms. The number of hydrogen-bond acceptors (Lipinski definition) is 3. The van der Waals surface area contributed by atoms with E-state index >= 15 is 0 Å². The summed E-state index contributed by atoms with van der Waals surface area (Å²) in [5.41, 5.74) is 1.29. The SMILES string of the molecule is CC/C(O)=C/c1ccc(C)cc1[N+](=O)[O-]. The smallest absolute Gasteiger partial charge is 0.276 e. The standard InChI is InChI=1S/C11H13NO3/c1-3-10(13)7-9-5-4-8(2)6-11(9)12(14)15/h4-7,13H,3H2,1-2H3/b10-7-. The fourth-order valence-corrected chi connectivity index (χ4v) is 1.22. The molecule has 1 N–H and O–H groups in total. The monoisotopic (exact) mass is 207 g/mol. The van der Waals surface area contributed by atoms with Crippen molar-refractivity contribution in [2.75, 3.05) is 0 Å². The lowest BCUT2D eigenvalue weighted by molar-refractivity contribution is -0.385. The van der Waals surface area contributed by atoms with Crippen LogP contribution in [-0.2, 0) is 0 Å². The third kappa shape index (κ3) is 2.80. The highest BCUT2D eigenvalue weighted by Crippen LogP contribution is 2.22. The van der Waals surface area contributed by atoms with Gasteiger partial charge in [-0.2, -0.15) is 0 Å². The van der Waals surface area contributed by atoms with Gasteiger partial charge in [-0.05, 0) is 24.6 Å². The number of nitro benzene ring substituents is 1. The van der Waals surface area contributed by atoms with Crippen LogP contribution < -0.4 is 0 Å². The minimum absolute atomic E-state index is 0.0231. The molecule has 0 atom stereocenters. The maximum atomic E-state index is 10.7. The van der Waals surface area contributed by atoms with Crippen LogP contribution in [0.5, 0.6) is 0 Å². The Kier molecular flexibility index (Phi) is 3.44. The average molecular weight is 207 g/mol. The Balaban J connectivity index is 3.23. The highest BCUT2D eigenvalue weighted by atomic mass is 16.6. The molecule has 0 aliphatic carbocycles. The molecule has 0 fully saturated rings. The predicted molar refractivity (Wildman–Crippen MR) is 58.7 cm³/mol. The second kappa shape index (κ2) is 4.59. The van der Waals surface area contributed by atoms with Crippen molar-refractivity contribution in [3.8, 4) is 0 Å². The number of aryl methyl sites for hydroxylation is 1. The maximum absolute atomic E-state index is 10.7. The number of benzene rings is 1. The van der Waals surface area contributed by atoms with E-state index < -0.39 is 4.92 Å². The van der Waals surface area contributed by atoms with Gasteiger partial charge in [0.05, 0.1) is 16.2 Å². The number of hydrogen-bond donors (Lipinski definition) is 1. The summed E-state index contributed by atoms with van der Waals surface area (Å²) in [6.07, 6.45) is 1.89. The Morgan fingerprint density at radius 3 is 2.80 bits per heavy atom. The third-order valence-electron chi connectivity index (χ3n) is 2.07. The van der Waals surface area contributed by atoms with E-state index in [2.05, 4.69) is 0 Å². The molecule has 4 nitrogen and oxygen atoms in total. The van der Waals surface area contributed by atoms with Gasteiger partial charge in [0.1, 0.15) is 0 Å². The van der Waals surface area contributed by atoms with Gasteiger partial charge in [-0.15, -0.1) is 0 Å². The Hall–Kier alpha value is -1.84. The average Bonchev–Trinajstić information content (AvgIpc) is 2.20. The van der Waals surface area contributed by atoms with Crippen LogP contribution in [0.15, 0.2) is 24.0 Å². The summed E-state index contributed by atoms with van der Waals surface area (Å²) < 4.78 is 0. The van der Waals surface area contributed by atoms with E-state index in [9.17, 15) is 15.2 Å². The molecule has 0 unspecified atom stereocenters. The maximum Gasteiger partial charge on any atom is 0.276 e. The van der Waals surface area contributed by atoms with Crippen molar-refractivity contribution in [3.05, 3.63) is 45.2 Å². The minimum atomic E-state index is -0.443. The lowest BCUT2D eigenvalue weighted by atomic mass is 10.1. The van der Waals surface area contributed by atoms with Gasteiger partial charge in [0.2, 0.25) is 0 Å². The first kappa shape index (κ1) is 11.2. The molecule has 80 valence electrons. The Morgan fingerprint density at radius 1 is 1.60 bits per heavy atom. The number of allylic oxidation sites excluding steroid dienone is 1. The minimum Gasteiger partial charge on any atom is -0.512 e. The fourth-order valence-electron chi connectivity index (χ4n) is 1.22. The number of rotatable bonds is 3. The van der Waals surface area contributed by atoms with Crippen LogP contribution in [0.1, 0.15) is 24.5 Å². The molecule has 0 radical (unpaired) electrons. The second-order valence-electron chi connectivity index (χ2n) is 3.31. The van der Waals surface area contributed by atoms with E-state index in [1.807, 2.05) is 0 Å². The summed E-state index contributed by atoms with van der Waals surface area (Å²) in [7, 11) is 0. The Bertz CT molecular complexity index is 410. The summed E-state index contributed by atoms with van der Waals surface area (Å²) in [6, 6.07) is 4.91. The van der Waals surface area contributed by atoms with Crippen LogP contribution in [0, 0.1) is 17.0 Å². The normalized spacial score (nSPS) is 11.5. The Labute approximate surface area is 88.0 Å². The summed E-state index contributed by atoms with van der Waals surface area (Å²) in [5.74, 6) is 0.141. The van der Waals surface area contributed by atoms with Gasteiger partial charge in [-0.1, -0.05) is 13.0 Å². The van der Waals surface area contributed by atoms with Crippen molar-refractivity contribution in [2.24, 2.45) is 0 Å². The number of nitrogens with zero attached hydrogens (tertiary/aromatic N) is 1. The largest absolute Gasteiger partial charge is 0.512 e. The highest BCUT2D eigenvalue weighted by Gasteiger charge is 2.11. The summed E-state index contributed by atoms with van der Waals surface area (Å²) >= 11 is 0. The molecule has 0 aliphatic heterocycles. The lowest BCUT2D eigenvalue weighted by Crippen LogP contribution is -1.93. The van der Waals surface area contributed by atoms with Crippen molar-refractivity contribution in [2.45, 2.75) is 20.3 Å². The fraction of sp³-hybridized carbons (Fsp3) is 0.273. The molecular weight excluding hydrogens is 194 g/mol. The van der Waals surface area contributed by atoms with Crippen LogP contribution >= 0.6 is 0 Å². The molecule has 0 aromatic heterocycles. The molecule has 1 aromatic carbocycles. The molecule has 4 heteroatoms. The molecule has 0 saturated heterocycles. The van der Waals surface area contributed by atoms with Gasteiger partial charge < -0.3 is 5.11 Å². The molecule has 0 amide bonds. The predicted octanol–water partition coefficient (Wildman–Crippen LogP) is 3.21. The highest BCUT2D eigenvalue weighted by molar-refractivity contribution is 5.62. The zero-order valence-electron chi connectivity index (χ0n) is 8.73. The third-order valence-corrected chi connectivity index (χ3v) is 2.07. The van der Waals surface area contributed by atoms with Crippen LogP contribution in [-0.4, -0.2) is 10.0 Å². The van der Waals surface area contributed by atoms with Crippen molar-refractivity contribution in [1.82, 2.24) is 0 Å². The van der Waals surface area contributed by atoms with Crippen molar-refractivity contribution >= 4 is 11.8 Å². The summed E-state index contributed by atoms with van der Waals surface area (Å²) in [4.78, 5) is 10.3. The summed E-state index contributed by atoms with van der Waals surface area (Å²) in [6.45, 7) is 3.58. The van der Waals surface area contributed by atoms with Crippen molar-refractivity contribution in [3.63, 3.8) is 0 Å². The number of nitro groups is 1. The van der Waals surface area contributed by atoms with E-state index in [4.69, 9.17) is 0 Å². The quantitative estimate of drug-likeness (QED) is 0.470. The van der Waals surface area contributed by atoms with Gasteiger partial charge in [-0.25, -0.2) is 0 Å². The van der Waals surface area contributed by atoms with Crippen LogP contribution in [0.3, 0.4) is 0 Å². The van der Waals surface area contributed by atoms with E-state index in [1.165, 1.54) is 12.1 Å². The van der Waals surface area contributed by atoms with Crippen molar-refractivity contribution in [1.29, 1.82) is 0 Å². The molecule has 0 aliphatic rings. The molecule has 1 aromatic rings. The topological polar surface area (TPSA) is 63.4 Å². The van der Waals surface area contributed by atoms with Crippen LogP contribution in [0.2, 0.25) is 0 Å². The van der Waals surface area contributed by atoms with Gasteiger partial charge in [0.15, 0.2) is 0 Å². The van der Waals surface area contributed by atoms with E-state index in [0.717, 1.165) is 5.56 Å². The lowest BCUT2D eigenvalue weighted by Gasteiger charge is -2.00. The van der Waals surface area contributed by atoms with Gasteiger partial charge in [0, 0.05) is 12.5 Å². The second-order valence-corrected chi connectivity index (χ2v) is 3.31. The Morgan fingerprint density at radius 2 is 2.27 bits per heavy atom. The van der Waals surface area contributed by atoms with Crippen molar-refractivity contribution < 1.29 is 10.0 Å². The molecular formula is C11H13NO3. The van der Waals surface area contributed by atoms with Gasteiger partial charge in [0.25, 0.3) is 5.69 Å². The zero-order chi connectivity index (χ0) is 11.4. The van der Waals surface area contributed by atoms with Gasteiger partial charge >= 0.3 is 0 Å². The number of aliphatic hydroxyl groups excluding tert-OH is 1. The molecule has 0 saturated carbocycles. The first-order chi connectivity index (χ1) is 7.04. The summed E-state index contributed by atoms with van der Waals surface area (Å²) in [5, 5.41) is 20.1.